The lowest BCUT2D eigenvalue weighted by Gasteiger charge is -2.07. The fraction of sp³-hybridized carbons (Fsp3) is 0.125. The molecular formula is C16H14N2O5. The Balaban J connectivity index is 1.79. The van der Waals surface area contributed by atoms with Gasteiger partial charge in [-0.15, -0.1) is 0 Å². The summed E-state index contributed by atoms with van der Waals surface area (Å²) in [6.07, 6.45) is 1.53. The van der Waals surface area contributed by atoms with Gasteiger partial charge in [-0.3, -0.25) is 10.1 Å². The van der Waals surface area contributed by atoms with E-state index in [0.717, 1.165) is 0 Å². The van der Waals surface area contributed by atoms with Gasteiger partial charge in [-0.1, -0.05) is 5.16 Å². The first-order valence-electron chi connectivity index (χ1n) is 6.74. The lowest BCUT2D eigenvalue weighted by atomic mass is 10.2. The molecule has 1 aromatic carbocycles. The molecule has 0 spiro atoms. The zero-order chi connectivity index (χ0) is 16.2. The monoisotopic (exact) mass is 314 g/mol. The van der Waals surface area contributed by atoms with Gasteiger partial charge in [-0.25, -0.2) is 0 Å². The first-order chi connectivity index (χ1) is 11.2. The number of amides is 1. The number of anilines is 1. The van der Waals surface area contributed by atoms with Gasteiger partial charge in [-0.2, -0.15) is 0 Å². The highest BCUT2D eigenvalue weighted by Crippen LogP contribution is 2.25. The van der Waals surface area contributed by atoms with Crippen LogP contribution in [0.15, 0.2) is 51.6 Å². The number of carbonyl (C=O) groups is 1. The van der Waals surface area contributed by atoms with Crippen molar-refractivity contribution < 1.29 is 23.2 Å². The van der Waals surface area contributed by atoms with E-state index >= 15 is 0 Å². The van der Waals surface area contributed by atoms with Crippen LogP contribution in [0.2, 0.25) is 0 Å². The minimum Gasteiger partial charge on any atom is -0.497 e. The average Bonchev–Trinajstić information content (AvgIpc) is 3.25. The maximum atomic E-state index is 12.3. The molecule has 0 unspecified atom stereocenters. The molecule has 1 amide bonds. The number of hydrogen-bond donors (Lipinski definition) is 1. The van der Waals surface area contributed by atoms with Gasteiger partial charge in [-0.05, 0) is 24.3 Å². The number of methoxy groups -OCH3 is 2. The van der Waals surface area contributed by atoms with Gasteiger partial charge in [0.05, 0.1) is 20.5 Å². The predicted molar refractivity (Wildman–Crippen MR) is 81.7 cm³/mol. The normalized spacial score (nSPS) is 10.3. The first-order valence-corrected chi connectivity index (χ1v) is 6.74. The third-order valence-corrected chi connectivity index (χ3v) is 3.13. The highest BCUT2D eigenvalue weighted by molar-refractivity contribution is 6.04. The third kappa shape index (κ3) is 3.18. The Bertz CT molecular complexity index is 786. The third-order valence-electron chi connectivity index (χ3n) is 3.13. The minimum absolute atomic E-state index is 0.211. The number of nitrogens with zero attached hydrogens (tertiary/aromatic N) is 1. The highest BCUT2D eigenvalue weighted by atomic mass is 16.5. The second-order valence-electron chi connectivity index (χ2n) is 4.61. The Kier molecular flexibility index (Phi) is 4.01. The van der Waals surface area contributed by atoms with Crippen molar-refractivity contribution in [3.63, 3.8) is 0 Å². The van der Waals surface area contributed by atoms with Gasteiger partial charge in [0, 0.05) is 17.7 Å². The molecule has 0 radical (unpaired) electrons. The maximum absolute atomic E-state index is 12.3. The van der Waals surface area contributed by atoms with Crippen LogP contribution in [0.25, 0.3) is 11.5 Å². The zero-order valence-electron chi connectivity index (χ0n) is 12.5. The Hall–Kier alpha value is -3.22. The van der Waals surface area contributed by atoms with E-state index in [-0.39, 0.29) is 11.8 Å². The quantitative estimate of drug-likeness (QED) is 0.778. The van der Waals surface area contributed by atoms with Crippen LogP contribution in [0.4, 0.5) is 5.88 Å². The number of ether oxygens (including phenoxy) is 2. The number of furan rings is 1. The van der Waals surface area contributed by atoms with Crippen LogP contribution in [-0.2, 0) is 0 Å². The Morgan fingerprint density at radius 2 is 1.87 bits per heavy atom. The minimum atomic E-state index is -0.371. The van der Waals surface area contributed by atoms with Crippen LogP contribution >= 0.6 is 0 Å². The topological polar surface area (TPSA) is 86.7 Å². The first kappa shape index (κ1) is 14.7. The second kappa shape index (κ2) is 6.27. The number of rotatable bonds is 5. The Labute approximate surface area is 131 Å². The van der Waals surface area contributed by atoms with Gasteiger partial charge < -0.3 is 18.4 Å². The van der Waals surface area contributed by atoms with Crippen molar-refractivity contribution in [1.29, 1.82) is 0 Å². The summed E-state index contributed by atoms with van der Waals surface area (Å²) in [5.74, 6) is 1.43. The number of hydrogen-bond acceptors (Lipinski definition) is 6. The Morgan fingerprint density at radius 3 is 2.48 bits per heavy atom. The van der Waals surface area contributed by atoms with E-state index in [9.17, 15) is 4.79 Å². The van der Waals surface area contributed by atoms with E-state index in [4.69, 9.17) is 18.4 Å². The zero-order valence-corrected chi connectivity index (χ0v) is 12.5. The molecule has 3 rings (SSSR count). The van der Waals surface area contributed by atoms with Crippen LogP contribution < -0.4 is 14.8 Å². The molecule has 2 heterocycles. The van der Waals surface area contributed by atoms with Crippen molar-refractivity contribution in [2.75, 3.05) is 19.5 Å². The summed E-state index contributed by atoms with van der Waals surface area (Å²) in [6.45, 7) is 0. The molecule has 0 bridgehead atoms. The molecule has 2 aromatic heterocycles. The fourth-order valence-corrected chi connectivity index (χ4v) is 2.00. The second-order valence-corrected chi connectivity index (χ2v) is 4.61. The van der Waals surface area contributed by atoms with Crippen molar-refractivity contribution in [2.24, 2.45) is 0 Å². The van der Waals surface area contributed by atoms with E-state index < -0.39 is 0 Å². The molecule has 7 heteroatoms. The SMILES string of the molecule is COc1cc(OC)cc(C(=O)Nc2cc(-c3ccco3)no2)c1. The van der Waals surface area contributed by atoms with Gasteiger partial charge >= 0.3 is 0 Å². The summed E-state index contributed by atoms with van der Waals surface area (Å²) in [7, 11) is 3.03. The molecule has 0 fully saturated rings. The Morgan fingerprint density at radius 1 is 1.13 bits per heavy atom. The number of aromatic nitrogens is 1. The molecule has 0 aliphatic carbocycles. The number of carbonyl (C=O) groups excluding carboxylic acids is 1. The molecule has 0 saturated heterocycles. The lowest BCUT2D eigenvalue weighted by molar-refractivity contribution is 0.102. The van der Waals surface area contributed by atoms with Gasteiger partial charge in [0.1, 0.15) is 11.5 Å². The van der Waals surface area contributed by atoms with E-state index in [1.165, 1.54) is 20.5 Å². The maximum Gasteiger partial charge on any atom is 0.258 e. The van der Waals surface area contributed by atoms with Crippen molar-refractivity contribution in [1.82, 2.24) is 5.16 Å². The van der Waals surface area contributed by atoms with Crippen molar-refractivity contribution in [3.05, 3.63) is 48.2 Å². The summed E-state index contributed by atoms with van der Waals surface area (Å²) in [6, 6.07) is 9.94. The highest BCUT2D eigenvalue weighted by Gasteiger charge is 2.14. The van der Waals surface area contributed by atoms with Crippen molar-refractivity contribution in [2.45, 2.75) is 0 Å². The van der Waals surface area contributed by atoms with Crippen molar-refractivity contribution >= 4 is 11.8 Å². The summed E-state index contributed by atoms with van der Waals surface area (Å²) >= 11 is 0. The van der Waals surface area contributed by atoms with Gasteiger partial charge in [0.15, 0.2) is 11.5 Å². The van der Waals surface area contributed by atoms with Crippen LogP contribution in [0, 0.1) is 0 Å². The smallest absolute Gasteiger partial charge is 0.258 e. The number of nitrogens with one attached hydrogen (secondary N) is 1. The van der Waals surface area contributed by atoms with E-state index in [2.05, 4.69) is 10.5 Å². The van der Waals surface area contributed by atoms with Crippen LogP contribution in [-0.4, -0.2) is 25.3 Å². The molecule has 3 aromatic rings. The van der Waals surface area contributed by atoms with E-state index in [1.807, 2.05) is 0 Å². The molecule has 23 heavy (non-hydrogen) atoms. The van der Waals surface area contributed by atoms with Crippen LogP contribution in [0.5, 0.6) is 11.5 Å². The van der Waals surface area contributed by atoms with Gasteiger partial charge in [0.25, 0.3) is 5.91 Å². The number of benzene rings is 1. The standard InChI is InChI=1S/C16H14N2O5/c1-20-11-6-10(7-12(8-11)21-2)16(19)17-15-9-13(18-23-15)14-4-3-5-22-14/h3-9H,1-2H3,(H,17,19). The van der Waals surface area contributed by atoms with Crippen LogP contribution in [0.3, 0.4) is 0 Å². The molecule has 1 N–H and O–H groups in total. The van der Waals surface area contributed by atoms with E-state index in [0.29, 0.717) is 28.5 Å². The lowest BCUT2D eigenvalue weighted by Crippen LogP contribution is -2.11. The summed E-state index contributed by atoms with van der Waals surface area (Å²) < 4.78 is 20.6. The molecule has 0 saturated carbocycles. The molecule has 0 aliphatic rings. The summed E-state index contributed by atoms with van der Waals surface area (Å²) in [5.41, 5.74) is 0.866. The van der Waals surface area contributed by atoms with Crippen molar-refractivity contribution in [3.8, 4) is 23.0 Å². The summed E-state index contributed by atoms with van der Waals surface area (Å²) in [4.78, 5) is 12.3. The van der Waals surface area contributed by atoms with Gasteiger partial charge in [0.2, 0.25) is 5.88 Å². The molecule has 118 valence electrons. The molecule has 0 aliphatic heterocycles. The van der Waals surface area contributed by atoms with E-state index in [1.54, 1.807) is 36.4 Å². The molecular weight excluding hydrogens is 300 g/mol. The molecule has 7 nitrogen and oxygen atoms in total. The average molecular weight is 314 g/mol. The largest absolute Gasteiger partial charge is 0.497 e. The fourth-order valence-electron chi connectivity index (χ4n) is 2.00. The van der Waals surface area contributed by atoms with Crippen LogP contribution in [0.1, 0.15) is 10.4 Å². The predicted octanol–water partition coefficient (Wildman–Crippen LogP) is 3.20. The summed E-state index contributed by atoms with van der Waals surface area (Å²) in [5, 5.41) is 6.46. The molecule has 0 atom stereocenters.